The van der Waals surface area contributed by atoms with Gasteiger partial charge in [-0.15, -0.1) is 0 Å². The number of hydrogen-bond acceptors (Lipinski definition) is 7. The maximum Gasteiger partial charge on any atom is 0.326 e. The van der Waals surface area contributed by atoms with Crippen molar-refractivity contribution in [3.8, 4) is 5.75 Å². The Kier molecular flexibility index (Phi) is 11.9. The van der Waals surface area contributed by atoms with Crippen molar-refractivity contribution in [3.05, 3.63) is 65.9 Å². The highest BCUT2D eigenvalue weighted by Gasteiger charge is 2.31. The summed E-state index contributed by atoms with van der Waals surface area (Å²) in [5, 5.41) is 28.0. The van der Waals surface area contributed by atoms with Crippen molar-refractivity contribution >= 4 is 40.5 Å². The zero-order valence-corrected chi connectivity index (χ0v) is 24.7. The van der Waals surface area contributed by atoms with Gasteiger partial charge >= 0.3 is 5.97 Å². The summed E-state index contributed by atoms with van der Waals surface area (Å²) in [4.78, 5) is 66.7. The molecule has 0 bridgehead atoms. The number of fused-ring (bicyclic) bond motifs is 1. The number of hydrogen-bond donors (Lipinski definition) is 8. The van der Waals surface area contributed by atoms with Crippen LogP contribution in [-0.4, -0.2) is 69.0 Å². The van der Waals surface area contributed by atoms with Crippen LogP contribution >= 0.6 is 0 Å². The van der Waals surface area contributed by atoms with Crippen LogP contribution in [0, 0.1) is 5.92 Å². The van der Waals surface area contributed by atoms with E-state index in [4.69, 9.17) is 11.5 Å². The molecule has 0 radical (unpaired) electrons. The van der Waals surface area contributed by atoms with E-state index in [0.717, 1.165) is 10.9 Å². The molecule has 0 aliphatic carbocycles. The largest absolute Gasteiger partial charge is 0.508 e. The molecular formula is C31H40N6O7. The van der Waals surface area contributed by atoms with E-state index >= 15 is 0 Å². The Morgan fingerprint density at radius 1 is 0.864 bits per heavy atom. The van der Waals surface area contributed by atoms with Gasteiger partial charge in [-0.05, 0) is 41.7 Å². The van der Waals surface area contributed by atoms with Gasteiger partial charge in [0, 0.05) is 36.4 Å². The average molecular weight is 609 g/mol. The van der Waals surface area contributed by atoms with E-state index < -0.39 is 53.8 Å². The van der Waals surface area contributed by atoms with Crippen LogP contribution in [0.5, 0.6) is 5.75 Å². The third kappa shape index (κ3) is 9.30. The van der Waals surface area contributed by atoms with E-state index in [1.54, 1.807) is 25.3 Å². The van der Waals surface area contributed by atoms with Crippen LogP contribution < -0.4 is 27.4 Å². The SMILES string of the molecule is CCC(C)C(N)C(=O)NC(Cc1ccc(O)cc1)C(=O)NC(CCC(N)=O)C(=O)NC(Cc1c[nH]c2ccccc12)C(=O)O. The average Bonchev–Trinajstić information content (AvgIpc) is 3.41. The summed E-state index contributed by atoms with van der Waals surface area (Å²) in [5.74, 6) is -4.33. The number of carbonyl (C=O) groups excluding carboxylic acids is 4. The third-order valence-corrected chi connectivity index (χ3v) is 7.59. The van der Waals surface area contributed by atoms with Gasteiger partial charge in [0.1, 0.15) is 23.9 Å². The minimum atomic E-state index is -1.35. The first-order valence-electron chi connectivity index (χ1n) is 14.4. The Balaban J connectivity index is 1.82. The number of phenolic OH excluding ortho intramolecular Hbond substituents is 1. The minimum absolute atomic E-state index is 0.00640. The number of aromatic hydroxyl groups is 1. The van der Waals surface area contributed by atoms with Crippen molar-refractivity contribution in [1.82, 2.24) is 20.9 Å². The second-order valence-corrected chi connectivity index (χ2v) is 10.9. The maximum absolute atomic E-state index is 13.6. The van der Waals surface area contributed by atoms with Gasteiger partial charge in [0.05, 0.1) is 6.04 Å². The molecule has 0 fully saturated rings. The van der Waals surface area contributed by atoms with Crippen LogP contribution in [0.1, 0.15) is 44.2 Å². The van der Waals surface area contributed by atoms with Gasteiger partial charge in [0.2, 0.25) is 23.6 Å². The van der Waals surface area contributed by atoms with Gasteiger partial charge in [-0.3, -0.25) is 19.2 Å². The minimum Gasteiger partial charge on any atom is -0.508 e. The van der Waals surface area contributed by atoms with E-state index in [9.17, 15) is 34.2 Å². The molecule has 3 aromatic rings. The lowest BCUT2D eigenvalue weighted by molar-refractivity contribution is -0.142. The Bertz CT molecular complexity index is 1470. The zero-order chi connectivity index (χ0) is 32.4. The van der Waals surface area contributed by atoms with E-state index in [1.165, 1.54) is 12.1 Å². The summed E-state index contributed by atoms with van der Waals surface area (Å²) in [6.45, 7) is 3.68. The Morgan fingerprint density at radius 3 is 2.11 bits per heavy atom. The summed E-state index contributed by atoms with van der Waals surface area (Å²) in [6, 6.07) is 8.55. The fourth-order valence-corrected chi connectivity index (χ4v) is 4.68. The van der Waals surface area contributed by atoms with Gasteiger partial charge < -0.3 is 42.6 Å². The maximum atomic E-state index is 13.6. The molecule has 3 rings (SSSR count). The molecule has 1 heterocycles. The van der Waals surface area contributed by atoms with Crippen molar-refractivity contribution in [3.63, 3.8) is 0 Å². The van der Waals surface area contributed by atoms with Crippen LogP contribution in [0.25, 0.3) is 10.9 Å². The summed E-state index contributed by atoms with van der Waals surface area (Å²) in [6.07, 6.45) is 1.76. The number of nitrogens with two attached hydrogens (primary N) is 2. The summed E-state index contributed by atoms with van der Waals surface area (Å²) in [7, 11) is 0. The van der Waals surface area contributed by atoms with E-state index in [1.807, 2.05) is 31.2 Å². The number of carboxylic acids is 1. The Morgan fingerprint density at radius 2 is 1.48 bits per heavy atom. The Labute approximate surface area is 254 Å². The first-order chi connectivity index (χ1) is 20.9. The van der Waals surface area contributed by atoms with Crippen LogP contribution in [0.15, 0.2) is 54.7 Å². The molecule has 13 heteroatoms. The normalized spacial score (nSPS) is 14.5. The van der Waals surface area contributed by atoms with E-state index in [0.29, 0.717) is 17.5 Å². The van der Waals surface area contributed by atoms with Crippen LogP contribution in [-0.2, 0) is 36.8 Å². The fraction of sp³-hybridized carbons (Fsp3) is 0.387. The number of aromatic nitrogens is 1. The van der Waals surface area contributed by atoms with Gasteiger partial charge in [0.25, 0.3) is 0 Å². The number of nitrogens with one attached hydrogen (secondary N) is 4. The summed E-state index contributed by atoms with van der Waals surface area (Å²) < 4.78 is 0. The molecule has 44 heavy (non-hydrogen) atoms. The topological polar surface area (TPSA) is 230 Å². The molecule has 13 nitrogen and oxygen atoms in total. The molecule has 0 saturated heterocycles. The predicted molar refractivity (Wildman–Crippen MR) is 163 cm³/mol. The van der Waals surface area contributed by atoms with Crippen molar-refractivity contribution in [1.29, 1.82) is 0 Å². The first kappa shape index (κ1) is 33.6. The third-order valence-electron chi connectivity index (χ3n) is 7.59. The molecule has 0 aliphatic rings. The van der Waals surface area contributed by atoms with E-state index in [-0.39, 0.29) is 37.4 Å². The standard InChI is InChI=1S/C31H40N6O7/c1-3-17(2)27(33)30(42)36-24(14-18-8-10-20(38)11-9-18)29(41)35-23(12-13-26(32)39)28(40)37-25(31(43)44)15-19-16-34-22-7-5-4-6-21(19)22/h4-11,16-17,23-25,27,34,38H,3,12-15,33H2,1-2H3,(H2,32,39)(H,35,41)(H,36,42)(H,37,40)(H,43,44). The number of amides is 4. The molecule has 0 aliphatic heterocycles. The lowest BCUT2D eigenvalue weighted by Crippen LogP contribution is -2.58. The molecular weight excluding hydrogens is 568 g/mol. The summed E-state index contributed by atoms with van der Waals surface area (Å²) in [5.41, 5.74) is 13.5. The number of carbonyl (C=O) groups is 5. The molecule has 5 unspecified atom stereocenters. The number of phenols is 1. The highest BCUT2D eigenvalue weighted by molar-refractivity contribution is 5.95. The van der Waals surface area contributed by atoms with Gasteiger partial charge in [-0.2, -0.15) is 0 Å². The molecule has 4 amide bonds. The highest BCUT2D eigenvalue weighted by atomic mass is 16.4. The fourth-order valence-electron chi connectivity index (χ4n) is 4.68. The van der Waals surface area contributed by atoms with Crippen LogP contribution in [0.2, 0.25) is 0 Å². The number of rotatable bonds is 16. The quantitative estimate of drug-likeness (QED) is 0.116. The highest BCUT2D eigenvalue weighted by Crippen LogP contribution is 2.19. The van der Waals surface area contributed by atoms with Crippen LogP contribution in [0.3, 0.4) is 0 Å². The Hall–Kier alpha value is -4.91. The number of para-hydroxylation sites is 1. The molecule has 0 saturated carbocycles. The van der Waals surface area contributed by atoms with Crippen molar-refractivity contribution < 1.29 is 34.2 Å². The second kappa shape index (κ2) is 15.5. The van der Waals surface area contributed by atoms with Crippen molar-refractivity contribution in [2.75, 3.05) is 0 Å². The number of carboxylic acid groups (broad SMARTS) is 1. The molecule has 2 aromatic carbocycles. The van der Waals surface area contributed by atoms with Crippen molar-refractivity contribution in [2.24, 2.45) is 17.4 Å². The van der Waals surface area contributed by atoms with Crippen LogP contribution in [0.4, 0.5) is 0 Å². The summed E-state index contributed by atoms with van der Waals surface area (Å²) >= 11 is 0. The number of H-pyrrole nitrogens is 1. The molecule has 236 valence electrons. The van der Waals surface area contributed by atoms with Gasteiger partial charge in [-0.1, -0.05) is 50.6 Å². The van der Waals surface area contributed by atoms with E-state index in [2.05, 4.69) is 20.9 Å². The molecule has 1 aromatic heterocycles. The number of benzene rings is 2. The zero-order valence-electron chi connectivity index (χ0n) is 24.7. The monoisotopic (exact) mass is 608 g/mol. The van der Waals surface area contributed by atoms with Gasteiger partial charge in [-0.25, -0.2) is 4.79 Å². The molecule has 0 spiro atoms. The smallest absolute Gasteiger partial charge is 0.326 e. The number of primary amides is 1. The van der Waals surface area contributed by atoms with Crippen molar-refractivity contribution in [2.45, 2.75) is 70.1 Å². The number of aliphatic carboxylic acids is 1. The molecule has 10 N–H and O–H groups in total. The number of aromatic amines is 1. The second-order valence-electron chi connectivity index (χ2n) is 10.9. The molecule has 5 atom stereocenters. The lowest BCUT2D eigenvalue weighted by Gasteiger charge is -2.26. The lowest BCUT2D eigenvalue weighted by atomic mass is 9.98. The first-order valence-corrected chi connectivity index (χ1v) is 14.4. The predicted octanol–water partition coefficient (Wildman–Crippen LogP) is 0.837. The van der Waals surface area contributed by atoms with Gasteiger partial charge in [0.15, 0.2) is 0 Å².